The van der Waals surface area contributed by atoms with E-state index in [9.17, 15) is 26.3 Å². The van der Waals surface area contributed by atoms with Crippen LogP contribution in [0.2, 0.25) is 0 Å². The van der Waals surface area contributed by atoms with Crippen LogP contribution in [0.5, 0.6) is 5.75 Å². The summed E-state index contributed by atoms with van der Waals surface area (Å²) in [5.41, 5.74) is 3.46. The fourth-order valence-electron chi connectivity index (χ4n) is 1.12. The van der Waals surface area contributed by atoms with Gasteiger partial charge in [0.2, 0.25) is 0 Å². The molecule has 0 aliphatic carbocycles. The second kappa shape index (κ2) is 5.07. The molecule has 102 valence electrons. The highest BCUT2D eigenvalue weighted by Crippen LogP contribution is 2.41. The smallest absolute Gasteiger partial charge is 0.403 e. The van der Waals surface area contributed by atoms with Gasteiger partial charge in [-0.2, -0.15) is 13.2 Å². The van der Waals surface area contributed by atoms with Crippen LogP contribution in [-0.2, 0) is 12.7 Å². The third kappa shape index (κ3) is 3.60. The number of aromatic nitrogens is 1. The molecule has 0 radical (unpaired) electrons. The van der Waals surface area contributed by atoms with Crippen molar-refractivity contribution in [3.63, 3.8) is 0 Å². The standard InChI is InChI=1S/C8H5F6IN2O/c9-7(10,11)5-4(18-8(12,13)14)2-17-3(1-16)6(5)15/h2H,1,16H2. The highest BCUT2D eigenvalue weighted by molar-refractivity contribution is 14.1. The molecule has 18 heavy (non-hydrogen) atoms. The van der Waals surface area contributed by atoms with Crippen molar-refractivity contribution in [2.45, 2.75) is 19.1 Å². The Balaban J connectivity index is 3.39. The molecule has 0 spiro atoms. The number of alkyl halides is 6. The monoisotopic (exact) mass is 386 g/mol. The fraction of sp³-hybridized carbons (Fsp3) is 0.375. The zero-order chi connectivity index (χ0) is 14.1. The van der Waals surface area contributed by atoms with Crippen molar-refractivity contribution in [3.05, 3.63) is 21.0 Å². The molecule has 1 rings (SSSR count). The maximum absolute atomic E-state index is 12.7. The molecular formula is C8H5F6IN2O. The van der Waals surface area contributed by atoms with Gasteiger partial charge in [-0.15, -0.1) is 13.2 Å². The van der Waals surface area contributed by atoms with Crippen LogP contribution >= 0.6 is 22.6 Å². The first kappa shape index (κ1) is 15.3. The number of halogens is 7. The zero-order valence-electron chi connectivity index (χ0n) is 8.36. The van der Waals surface area contributed by atoms with E-state index in [-0.39, 0.29) is 12.2 Å². The number of ether oxygens (including phenoxy) is 1. The van der Waals surface area contributed by atoms with Gasteiger partial charge in [-0.1, -0.05) is 0 Å². The molecule has 1 heterocycles. The molecule has 1 aromatic heterocycles. The van der Waals surface area contributed by atoms with Gasteiger partial charge in [0.05, 0.1) is 15.5 Å². The summed E-state index contributed by atoms with van der Waals surface area (Å²) in [6.45, 7) is -0.326. The minimum absolute atomic E-state index is 0.155. The Labute approximate surface area is 110 Å². The Bertz CT molecular complexity index is 444. The Kier molecular flexibility index (Phi) is 4.30. The van der Waals surface area contributed by atoms with Crippen LogP contribution in [0.15, 0.2) is 6.20 Å². The number of rotatable bonds is 2. The second-order valence-electron chi connectivity index (χ2n) is 3.01. The van der Waals surface area contributed by atoms with Crippen molar-refractivity contribution < 1.29 is 31.1 Å². The molecule has 0 aliphatic rings. The van der Waals surface area contributed by atoms with Crippen molar-refractivity contribution in [2.75, 3.05) is 0 Å². The van der Waals surface area contributed by atoms with Gasteiger partial charge in [0, 0.05) is 6.54 Å². The Morgan fingerprint density at radius 3 is 2.17 bits per heavy atom. The summed E-state index contributed by atoms with van der Waals surface area (Å²) in [7, 11) is 0. The van der Waals surface area contributed by atoms with E-state index >= 15 is 0 Å². The molecule has 10 heteroatoms. The molecule has 0 aromatic carbocycles. The van der Waals surface area contributed by atoms with E-state index < -0.39 is 27.4 Å². The van der Waals surface area contributed by atoms with E-state index in [1.54, 1.807) is 0 Å². The van der Waals surface area contributed by atoms with Crippen molar-refractivity contribution >= 4 is 22.6 Å². The Morgan fingerprint density at radius 2 is 1.78 bits per heavy atom. The molecule has 0 saturated carbocycles. The molecule has 0 fully saturated rings. The van der Waals surface area contributed by atoms with E-state index in [0.717, 1.165) is 0 Å². The SMILES string of the molecule is NCc1ncc(OC(F)(F)F)c(C(F)(F)F)c1I. The summed E-state index contributed by atoms with van der Waals surface area (Å²) in [6.07, 6.45) is -9.86. The lowest BCUT2D eigenvalue weighted by Crippen LogP contribution is -2.22. The highest BCUT2D eigenvalue weighted by Gasteiger charge is 2.42. The van der Waals surface area contributed by atoms with E-state index in [1.165, 1.54) is 22.6 Å². The molecule has 0 bridgehead atoms. The molecule has 0 saturated heterocycles. The molecule has 2 N–H and O–H groups in total. The maximum Gasteiger partial charge on any atom is 0.573 e. The summed E-state index contributed by atoms with van der Waals surface area (Å²) >= 11 is 1.23. The first-order valence-electron chi connectivity index (χ1n) is 4.26. The lowest BCUT2D eigenvalue weighted by molar-refractivity contribution is -0.276. The summed E-state index contributed by atoms with van der Waals surface area (Å²) in [4.78, 5) is 3.40. The van der Waals surface area contributed by atoms with Crippen molar-refractivity contribution in [2.24, 2.45) is 5.73 Å². The van der Waals surface area contributed by atoms with Gasteiger partial charge in [0.15, 0.2) is 5.75 Å². The summed E-state index contributed by atoms with van der Waals surface area (Å²) in [5.74, 6) is -1.39. The van der Waals surface area contributed by atoms with Crippen LogP contribution in [-0.4, -0.2) is 11.3 Å². The fourth-order valence-corrected chi connectivity index (χ4v) is 2.05. The molecule has 0 unspecified atom stereocenters. The van der Waals surface area contributed by atoms with Gasteiger partial charge in [0.25, 0.3) is 0 Å². The van der Waals surface area contributed by atoms with Crippen LogP contribution in [0, 0.1) is 3.57 Å². The number of hydrogen-bond acceptors (Lipinski definition) is 3. The third-order valence-electron chi connectivity index (χ3n) is 1.76. The van der Waals surface area contributed by atoms with E-state index in [4.69, 9.17) is 5.73 Å². The van der Waals surface area contributed by atoms with E-state index in [1.807, 2.05) is 0 Å². The minimum Gasteiger partial charge on any atom is -0.403 e. The van der Waals surface area contributed by atoms with Gasteiger partial charge in [-0.3, -0.25) is 4.98 Å². The zero-order valence-corrected chi connectivity index (χ0v) is 10.5. The normalized spacial score (nSPS) is 12.7. The third-order valence-corrected chi connectivity index (χ3v) is 2.92. The van der Waals surface area contributed by atoms with Crippen LogP contribution < -0.4 is 10.5 Å². The first-order chi connectivity index (χ1) is 8.06. The van der Waals surface area contributed by atoms with Crippen LogP contribution in [0.25, 0.3) is 0 Å². The van der Waals surface area contributed by atoms with Crippen molar-refractivity contribution in [1.82, 2.24) is 4.98 Å². The van der Waals surface area contributed by atoms with Gasteiger partial charge >= 0.3 is 12.5 Å². The molecule has 0 atom stereocenters. The molecule has 0 amide bonds. The molecule has 3 nitrogen and oxygen atoms in total. The molecular weight excluding hydrogens is 381 g/mol. The number of nitrogens with two attached hydrogens (primary N) is 1. The number of pyridine rings is 1. The van der Waals surface area contributed by atoms with Crippen LogP contribution in [0.3, 0.4) is 0 Å². The second-order valence-corrected chi connectivity index (χ2v) is 4.09. The Hall–Kier alpha value is -0.780. The van der Waals surface area contributed by atoms with Crippen LogP contribution in [0.4, 0.5) is 26.3 Å². The van der Waals surface area contributed by atoms with Crippen LogP contribution in [0.1, 0.15) is 11.3 Å². The minimum atomic E-state index is -5.23. The maximum atomic E-state index is 12.7. The van der Waals surface area contributed by atoms with Gasteiger partial charge in [-0.25, -0.2) is 0 Å². The predicted molar refractivity (Wildman–Crippen MR) is 56.5 cm³/mol. The van der Waals surface area contributed by atoms with Crippen molar-refractivity contribution in [1.29, 1.82) is 0 Å². The van der Waals surface area contributed by atoms with E-state index in [0.29, 0.717) is 6.20 Å². The number of hydrogen-bond donors (Lipinski definition) is 1. The number of nitrogens with zero attached hydrogens (tertiary/aromatic N) is 1. The van der Waals surface area contributed by atoms with Gasteiger partial charge in [0.1, 0.15) is 5.56 Å². The first-order valence-corrected chi connectivity index (χ1v) is 5.34. The van der Waals surface area contributed by atoms with Gasteiger partial charge < -0.3 is 10.5 Å². The van der Waals surface area contributed by atoms with Crippen molar-refractivity contribution in [3.8, 4) is 5.75 Å². The average molecular weight is 386 g/mol. The van der Waals surface area contributed by atoms with E-state index in [2.05, 4.69) is 9.72 Å². The molecule has 0 aliphatic heterocycles. The Morgan fingerprint density at radius 1 is 1.22 bits per heavy atom. The highest BCUT2D eigenvalue weighted by atomic mass is 127. The topological polar surface area (TPSA) is 48.1 Å². The summed E-state index contributed by atoms with van der Waals surface area (Å²) in [5, 5.41) is 0. The largest absolute Gasteiger partial charge is 0.573 e. The summed E-state index contributed by atoms with van der Waals surface area (Å²) in [6, 6.07) is 0. The summed E-state index contributed by atoms with van der Waals surface area (Å²) < 4.78 is 76.8. The molecule has 1 aromatic rings. The lowest BCUT2D eigenvalue weighted by Gasteiger charge is -2.17. The lowest BCUT2D eigenvalue weighted by atomic mass is 10.2. The quantitative estimate of drug-likeness (QED) is 0.628. The van der Waals surface area contributed by atoms with Gasteiger partial charge in [-0.05, 0) is 22.6 Å². The average Bonchev–Trinajstić information content (AvgIpc) is 2.13. The predicted octanol–water partition coefficient (Wildman–Crippen LogP) is 3.06.